The number of hydrogen-bond acceptors (Lipinski definition) is 2. The number of carbonyl (C=O) groups excluding carboxylic acids is 1. The molecular formula is C14H12Br2N2O. The van der Waals surface area contributed by atoms with Crippen molar-refractivity contribution in [1.82, 2.24) is 4.98 Å². The van der Waals surface area contributed by atoms with E-state index < -0.39 is 0 Å². The molecule has 3 nitrogen and oxygen atoms in total. The van der Waals surface area contributed by atoms with Crippen LogP contribution in [-0.4, -0.2) is 10.9 Å². The Labute approximate surface area is 128 Å². The molecule has 5 heteroatoms. The van der Waals surface area contributed by atoms with Gasteiger partial charge in [0.1, 0.15) is 4.60 Å². The lowest BCUT2D eigenvalue weighted by Crippen LogP contribution is -2.14. The van der Waals surface area contributed by atoms with E-state index in [2.05, 4.69) is 42.2 Å². The number of hydrogen-bond donors (Lipinski definition) is 1. The summed E-state index contributed by atoms with van der Waals surface area (Å²) in [6.45, 7) is 3.76. The summed E-state index contributed by atoms with van der Waals surface area (Å²) < 4.78 is 1.67. The Kier molecular flexibility index (Phi) is 4.37. The number of aryl methyl sites for hydroxylation is 1. The van der Waals surface area contributed by atoms with Crippen LogP contribution in [-0.2, 0) is 0 Å². The number of anilines is 1. The number of amides is 1. The van der Waals surface area contributed by atoms with Gasteiger partial charge in [0.15, 0.2) is 0 Å². The summed E-state index contributed by atoms with van der Waals surface area (Å²) in [6.07, 6.45) is 0. The van der Waals surface area contributed by atoms with E-state index in [1.165, 1.54) is 0 Å². The van der Waals surface area contributed by atoms with Crippen LogP contribution in [0.15, 0.2) is 39.4 Å². The van der Waals surface area contributed by atoms with E-state index in [9.17, 15) is 4.79 Å². The van der Waals surface area contributed by atoms with E-state index in [-0.39, 0.29) is 5.91 Å². The first-order valence-electron chi connectivity index (χ1n) is 5.68. The van der Waals surface area contributed by atoms with Crippen molar-refractivity contribution in [2.24, 2.45) is 0 Å². The number of benzene rings is 1. The number of rotatable bonds is 2. The molecule has 19 heavy (non-hydrogen) atoms. The van der Waals surface area contributed by atoms with Crippen LogP contribution >= 0.6 is 31.9 Å². The van der Waals surface area contributed by atoms with E-state index in [1.807, 2.05) is 32.0 Å². The van der Waals surface area contributed by atoms with Crippen molar-refractivity contribution in [2.45, 2.75) is 13.8 Å². The molecule has 1 heterocycles. The van der Waals surface area contributed by atoms with Gasteiger partial charge in [-0.1, -0.05) is 22.0 Å². The Morgan fingerprint density at radius 3 is 2.58 bits per heavy atom. The highest BCUT2D eigenvalue weighted by Crippen LogP contribution is 2.22. The van der Waals surface area contributed by atoms with Gasteiger partial charge in [-0.15, -0.1) is 0 Å². The summed E-state index contributed by atoms with van der Waals surface area (Å²) in [4.78, 5) is 16.5. The van der Waals surface area contributed by atoms with Crippen LogP contribution in [0.3, 0.4) is 0 Å². The average Bonchev–Trinajstić information content (AvgIpc) is 2.36. The third-order valence-electron chi connectivity index (χ3n) is 2.81. The molecule has 1 aromatic heterocycles. The maximum atomic E-state index is 12.3. The lowest BCUT2D eigenvalue weighted by molar-refractivity contribution is 0.102. The fourth-order valence-corrected chi connectivity index (χ4v) is 2.47. The van der Waals surface area contributed by atoms with Gasteiger partial charge in [0.2, 0.25) is 0 Å². The van der Waals surface area contributed by atoms with Crippen molar-refractivity contribution in [2.75, 3.05) is 5.32 Å². The normalized spacial score (nSPS) is 10.3. The zero-order valence-corrected chi connectivity index (χ0v) is 13.7. The highest BCUT2D eigenvalue weighted by molar-refractivity contribution is 9.10. The number of halogens is 2. The van der Waals surface area contributed by atoms with Crippen molar-refractivity contribution in [3.8, 4) is 0 Å². The lowest BCUT2D eigenvalue weighted by atomic mass is 10.1. The van der Waals surface area contributed by atoms with E-state index >= 15 is 0 Å². The molecule has 1 amide bonds. The molecule has 98 valence electrons. The van der Waals surface area contributed by atoms with Crippen LogP contribution in [0.5, 0.6) is 0 Å². The Morgan fingerprint density at radius 2 is 1.89 bits per heavy atom. The second kappa shape index (κ2) is 5.84. The van der Waals surface area contributed by atoms with Crippen LogP contribution in [0, 0.1) is 13.8 Å². The summed E-state index contributed by atoms with van der Waals surface area (Å²) in [5.74, 6) is -0.133. The van der Waals surface area contributed by atoms with Gasteiger partial charge in [0, 0.05) is 10.0 Å². The molecule has 0 aliphatic heterocycles. The van der Waals surface area contributed by atoms with Gasteiger partial charge in [-0.2, -0.15) is 0 Å². The van der Waals surface area contributed by atoms with E-state index in [4.69, 9.17) is 0 Å². The molecular weight excluding hydrogens is 372 g/mol. The fraction of sp³-hybridized carbons (Fsp3) is 0.143. The summed E-state index contributed by atoms with van der Waals surface area (Å²) in [5, 5.41) is 2.88. The summed E-state index contributed by atoms with van der Waals surface area (Å²) in [6, 6.07) is 9.20. The SMILES string of the molecule is Cc1nc(Br)ccc1NC(=O)c1cccc(Br)c1C. The van der Waals surface area contributed by atoms with Crippen LogP contribution in [0.2, 0.25) is 0 Å². The third kappa shape index (κ3) is 3.22. The van der Waals surface area contributed by atoms with Crippen molar-refractivity contribution in [3.05, 3.63) is 56.2 Å². The van der Waals surface area contributed by atoms with Gasteiger partial charge >= 0.3 is 0 Å². The van der Waals surface area contributed by atoms with Crippen molar-refractivity contribution in [1.29, 1.82) is 0 Å². The standard InChI is InChI=1S/C14H12Br2N2O/c1-8-10(4-3-5-11(8)15)14(19)18-12-6-7-13(16)17-9(12)2/h3-7H,1-2H3,(H,18,19). The van der Waals surface area contributed by atoms with Gasteiger partial charge in [-0.3, -0.25) is 4.79 Å². The molecule has 0 fully saturated rings. The molecule has 0 radical (unpaired) electrons. The van der Waals surface area contributed by atoms with Gasteiger partial charge in [-0.25, -0.2) is 4.98 Å². The molecule has 1 N–H and O–H groups in total. The third-order valence-corrected chi connectivity index (χ3v) is 4.11. The van der Waals surface area contributed by atoms with E-state index in [1.54, 1.807) is 12.1 Å². The second-order valence-electron chi connectivity index (χ2n) is 4.13. The zero-order valence-electron chi connectivity index (χ0n) is 10.5. The van der Waals surface area contributed by atoms with Crippen LogP contribution in [0.25, 0.3) is 0 Å². The molecule has 0 saturated carbocycles. The molecule has 0 unspecified atom stereocenters. The van der Waals surface area contributed by atoms with Crippen molar-refractivity contribution >= 4 is 43.5 Å². The maximum Gasteiger partial charge on any atom is 0.256 e. The molecule has 0 aliphatic carbocycles. The molecule has 0 bridgehead atoms. The van der Waals surface area contributed by atoms with Crippen LogP contribution < -0.4 is 5.32 Å². The molecule has 0 atom stereocenters. The van der Waals surface area contributed by atoms with Gasteiger partial charge in [0.25, 0.3) is 5.91 Å². The smallest absolute Gasteiger partial charge is 0.256 e. The first-order valence-corrected chi connectivity index (χ1v) is 7.27. The summed E-state index contributed by atoms with van der Waals surface area (Å²) in [5.41, 5.74) is 3.06. The Balaban J connectivity index is 2.28. The topological polar surface area (TPSA) is 42.0 Å². The number of nitrogens with one attached hydrogen (secondary N) is 1. The summed E-state index contributed by atoms with van der Waals surface area (Å²) in [7, 11) is 0. The second-order valence-corrected chi connectivity index (χ2v) is 5.80. The van der Waals surface area contributed by atoms with E-state index in [0.717, 1.165) is 20.3 Å². The minimum Gasteiger partial charge on any atom is -0.320 e. The fourth-order valence-electron chi connectivity index (χ4n) is 1.71. The first-order chi connectivity index (χ1) is 8.99. The molecule has 2 aromatic rings. The largest absolute Gasteiger partial charge is 0.320 e. The van der Waals surface area contributed by atoms with Crippen LogP contribution in [0.1, 0.15) is 21.6 Å². The van der Waals surface area contributed by atoms with Gasteiger partial charge in [0.05, 0.1) is 11.4 Å². The Bertz CT molecular complexity index is 641. The Hall–Kier alpha value is -1.20. The number of nitrogens with zero attached hydrogens (tertiary/aromatic N) is 1. The highest BCUT2D eigenvalue weighted by Gasteiger charge is 2.12. The average molecular weight is 384 g/mol. The zero-order chi connectivity index (χ0) is 14.0. The molecule has 0 spiro atoms. The van der Waals surface area contributed by atoms with Gasteiger partial charge < -0.3 is 5.32 Å². The summed E-state index contributed by atoms with van der Waals surface area (Å²) >= 11 is 6.72. The van der Waals surface area contributed by atoms with Crippen molar-refractivity contribution < 1.29 is 4.79 Å². The maximum absolute atomic E-state index is 12.3. The quantitative estimate of drug-likeness (QED) is 0.777. The predicted octanol–water partition coefficient (Wildman–Crippen LogP) is 4.48. The minimum atomic E-state index is -0.133. The number of aromatic nitrogens is 1. The number of carbonyl (C=O) groups is 1. The van der Waals surface area contributed by atoms with Crippen molar-refractivity contribution in [3.63, 3.8) is 0 Å². The first kappa shape index (κ1) is 14.2. The molecule has 2 rings (SSSR count). The van der Waals surface area contributed by atoms with E-state index in [0.29, 0.717) is 11.3 Å². The Morgan fingerprint density at radius 1 is 1.16 bits per heavy atom. The molecule has 0 aliphatic rings. The lowest BCUT2D eigenvalue weighted by Gasteiger charge is -2.10. The predicted molar refractivity (Wildman–Crippen MR) is 83.5 cm³/mol. The number of pyridine rings is 1. The minimum absolute atomic E-state index is 0.133. The monoisotopic (exact) mass is 382 g/mol. The molecule has 0 saturated heterocycles. The van der Waals surface area contributed by atoms with Gasteiger partial charge in [-0.05, 0) is 59.6 Å². The highest BCUT2D eigenvalue weighted by atomic mass is 79.9. The molecule has 1 aromatic carbocycles. The van der Waals surface area contributed by atoms with Crippen LogP contribution in [0.4, 0.5) is 5.69 Å².